The fraction of sp³-hybridized carbons (Fsp3) is 0.474. The summed E-state index contributed by atoms with van der Waals surface area (Å²) in [6.45, 7) is 4.34. The molecule has 0 aliphatic heterocycles. The number of pyridine rings is 2. The van der Waals surface area contributed by atoms with E-state index < -0.39 is 13.0 Å². The number of hydrogen-bond donors (Lipinski definition) is 1. The number of ether oxygens (including phenoxy) is 1. The second-order valence-corrected chi connectivity index (χ2v) is 6.98. The number of fused-ring (bicyclic) bond motifs is 1. The van der Waals surface area contributed by atoms with E-state index >= 15 is 0 Å². The minimum Gasteiger partial charge on any atom is -0.486 e. The van der Waals surface area contributed by atoms with Crippen LogP contribution in [-0.2, 0) is 12.0 Å². The zero-order valence-corrected chi connectivity index (χ0v) is 14.5. The van der Waals surface area contributed by atoms with E-state index in [0.717, 1.165) is 24.1 Å². The summed E-state index contributed by atoms with van der Waals surface area (Å²) in [4.78, 5) is 8.55. The molecule has 0 saturated carbocycles. The Morgan fingerprint density at radius 3 is 2.96 bits per heavy atom. The number of rotatable bonds is 6. The third-order valence-electron chi connectivity index (χ3n) is 4.69. The van der Waals surface area contributed by atoms with Crippen LogP contribution in [0.3, 0.4) is 0 Å². The third-order valence-corrected chi connectivity index (χ3v) is 4.69. The lowest BCUT2D eigenvalue weighted by Gasteiger charge is -2.36. The molecule has 2 aromatic rings. The lowest BCUT2D eigenvalue weighted by Crippen LogP contribution is -2.33. The Labute approximate surface area is 146 Å². The maximum Gasteiger partial charge on any atom is 0.272 e. The van der Waals surface area contributed by atoms with Crippen molar-refractivity contribution < 1.29 is 13.5 Å². The fourth-order valence-electron chi connectivity index (χ4n) is 3.33. The number of nitrogens with one attached hydrogen (secondary N) is 1. The van der Waals surface area contributed by atoms with Crippen molar-refractivity contribution >= 4 is 0 Å². The number of aromatic nitrogens is 2. The summed E-state index contributed by atoms with van der Waals surface area (Å²) in [5.41, 5.74) is 3.23. The number of halogens is 2. The molecule has 134 valence electrons. The first-order chi connectivity index (χ1) is 12.0. The van der Waals surface area contributed by atoms with Crippen LogP contribution in [0.1, 0.15) is 49.6 Å². The second kappa shape index (κ2) is 7.44. The largest absolute Gasteiger partial charge is 0.486 e. The average molecular weight is 347 g/mol. The summed E-state index contributed by atoms with van der Waals surface area (Å²) >= 11 is 0. The molecule has 1 unspecified atom stereocenters. The molecule has 0 aromatic carbocycles. The van der Waals surface area contributed by atoms with Crippen LogP contribution >= 0.6 is 0 Å². The highest BCUT2D eigenvalue weighted by Gasteiger charge is 2.33. The van der Waals surface area contributed by atoms with Crippen LogP contribution in [0, 0.1) is 0 Å². The Morgan fingerprint density at radius 2 is 2.16 bits per heavy atom. The molecular formula is C19H23F2N3O. The highest BCUT2D eigenvalue weighted by atomic mass is 19.3. The van der Waals surface area contributed by atoms with Gasteiger partial charge in [0, 0.05) is 36.0 Å². The predicted octanol–water partition coefficient (Wildman–Crippen LogP) is 4.02. The van der Waals surface area contributed by atoms with E-state index in [1.165, 1.54) is 11.8 Å². The minimum atomic E-state index is -2.50. The van der Waals surface area contributed by atoms with E-state index in [2.05, 4.69) is 35.2 Å². The van der Waals surface area contributed by atoms with Gasteiger partial charge in [0.2, 0.25) is 0 Å². The van der Waals surface area contributed by atoms with Gasteiger partial charge < -0.3 is 10.1 Å². The van der Waals surface area contributed by atoms with Crippen LogP contribution in [-0.4, -0.2) is 23.0 Å². The van der Waals surface area contributed by atoms with Gasteiger partial charge in [0.1, 0.15) is 12.4 Å². The fourth-order valence-corrected chi connectivity index (χ4v) is 3.33. The maximum absolute atomic E-state index is 12.4. The molecule has 3 rings (SSSR count). The van der Waals surface area contributed by atoms with Crippen LogP contribution in [0.4, 0.5) is 8.78 Å². The van der Waals surface area contributed by atoms with Gasteiger partial charge in [0.05, 0.1) is 11.9 Å². The van der Waals surface area contributed by atoms with E-state index in [-0.39, 0.29) is 11.5 Å². The molecule has 0 fully saturated rings. The molecule has 25 heavy (non-hydrogen) atoms. The van der Waals surface area contributed by atoms with Gasteiger partial charge in [-0.25, -0.2) is 8.78 Å². The Kier molecular flexibility index (Phi) is 5.27. The normalized spacial score (nSPS) is 18.8. The number of alkyl halides is 2. The smallest absolute Gasteiger partial charge is 0.272 e. The molecule has 1 atom stereocenters. The van der Waals surface area contributed by atoms with Gasteiger partial charge in [-0.3, -0.25) is 9.97 Å². The first-order valence-electron chi connectivity index (χ1n) is 8.50. The highest BCUT2D eigenvalue weighted by molar-refractivity contribution is 5.34. The summed E-state index contributed by atoms with van der Waals surface area (Å²) in [6, 6.07) is 6.05. The van der Waals surface area contributed by atoms with E-state index in [4.69, 9.17) is 4.74 Å². The van der Waals surface area contributed by atoms with Crippen LogP contribution in [0.5, 0.6) is 5.75 Å². The zero-order chi connectivity index (χ0) is 17.9. The first kappa shape index (κ1) is 17.7. The zero-order valence-electron chi connectivity index (χ0n) is 14.5. The molecule has 2 heterocycles. The minimum absolute atomic E-state index is 0.0664. The SMILES string of the molecule is CC1(C)CCC(NCc2ccncc2OCC(F)F)c2cccnc21. The number of hydrogen-bond acceptors (Lipinski definition) is 4. The van der Waals surface area contributed by atoms with Crippen molar-refractivity contribution in [3.05, 3.63) is 53.6 Å². The topological polar surface area (TPSA) is 47.0 Å². The van der Waals surface area contributed by atoms with Crippen LogP contribution < -0.4 is 10.1 Å². The average Bonchev–Trinajstić information content (AvgIpc) is 2.60. The molecular weight excluding hydrogens is 324 g/mol. The van der Waals surface area contributed by atoms with E-state index in [1.807, 2.05) is 12.3 Å². The summed E-state index contributed by atoms with van der Waals surface area (Å²) in [5.74, 6) is 0.401. The van der Waals surface area contributed by atoms with Gasteiger partial charge in [-0.1, -0.05) is 19.9 Å². The molecule has 1 aliphatic rings. The lowest BCUT2D eigenvalue weighted by atomic mass is 9.74. The molecule has 4 nitrogen and oxygen atoms in total. The van der Waals surface area contributed by atoms with E-state index in [9.17, 15) is 8.78 Å². The molecule has 0 amide bonds. The summed E-state index contributed by atoms with van der Waals surface area (Å²) in [6.07, 6.45) is 4.51. The Hall–Kier alpha value is -2.08. The molecule has 6 heteroatoms. The van der Waals surface area contributed by atoms with Crippen LogP contribution in [0.25, 0.3) is 0 Å². The van der Waals surface area contributed by atoms with Gasteiger partial charge in [-0.2, -0.15) is 0 Å². The van der Waals surface area contributed by atoms with Crippen molar-refractivity contribution in [3.63, 3.8) is 0 Å². The second-order valence-electron chi connectivity index (χ2n) is 6.98. The molecule has 1 N–H and O–H groups in total. The van der Waals surface area contributed by atoms with Crippen molar-refractivity contribution in [1.29, 1.82) is 0 Å². The Balaban J connectivity index is 1.73. The van der Waals surface area contributed by atoms with E-state index in [0.29, 0.717) is 12.3 Å². The molecule has 0 saturated heterocycles. The van der Waals surface area contributed by atoms with E-state index in [1.54, 1.807) is 12.3 Å². The predicted molar refractivity (Wildman–Crippen MR) is 91.8 cm³/mol. The Bertz CT molecular complexity index is 721. The van der Waals surface area contributed by atoms with Gasteiger partial charge in [0.25, 0.3) is 6.43 Å². The molecule has 1 aliphatic carbocycles. The van der Waals surface area contributed by atoms with Gasteiger partial charge in [-0.15, -0.1) is 0 Å². The van der Waals surface area contributed by atoms with Gasteiger partial charge >= 0.3 is 0 Å². The summed E-state index contributed by atoms with van der Waals surface area (Å²) in [5, 5.41) is 3.52. The summed E-state index contributed by atoms with van der Waals surface area (Å²) < 4.78 is 30.0. The first-order valence-corrected chi connectivity index (χ1v) is 8.50. The van der Waals surface area contributed by atoms with Crippen molar-refractivity contribution in [3.8, 4) is 5.75 Å². The Morgan fingerprint density at radius 1 is 1.32 bits per heavy atom. The lowest BCUT2D eigenvalue weighted by molar-refractivity contribution is 0.0811. The monoisotopic (exact) mass is 347 g/mol. The van der Waals surface area contributed by atoms with Crippen LogP contribution in [0.2, 0.25) is 0 Å². The van der Waals surface area contributed by atoms with Crippen molar-refractivity contribution in [2.45, 2.75) is 51.1 Å². The van der Waals surface area contributed by atoms with Crippen molar-refractivity contribution in [2.24, 2.45) is 0 Å². The molecule has 0 radical (unpaired) electrons. The van der Waals surface area contributed by atoms with Crippen LogP contribution in [0.15, 0.2) is 36.8 Å². The maximum atomic E-state index is 12.4. The highest BCUT2D eigenvalue weighted by Crippen LogP contribution is 2.40. The van der Waals surface area contributed by atoms with Gasteiger partial charge in [-0.05, 0) is 30.5 Å². The van der Waals surface area contributed by atoms with Gasteiger partial charge in [0.15, 0.2) is 0 Å². The summed E-state index contributed by atoms with van der Waals surface area (Å²) in [7, 11) is 0. The van der Waals surface area contributed by atoms with Crippen molar-refractivity contribution in [1.82, 2.24) is 15.3 Å². The van der Waals surface area contributed by atoms with Crippen molar-refractivity contribution in [2.75, 3.05) is 6.61 Å². The standard InChI is InChI=1S/C19H23F2N3O/c1-19(2)7-5-15(14-4-3-8-23-18(14)19)24-10-13-6-9-22-11-16(13)25-12-17(20)21/h3-4,6,8-9,11,15,17,24H,5,7,10,12H2,1-2H3. The molecule has 0 spiro atoms. The third kappa shape index (κ3) is 4.12. The molecule has 2 aromatic heterocycles. The molecule has 0 bridgehead atoms. The number of nitrogens with zero attached hydrogens (tertiary/aromatic N) is 2. The quantitative estimate of drug-likeness (QED) is 0.857.